The quantitative estimate of drug-likeness (QED) is 0.262. The smallest absolute Gasteiger partial charge is 0.222 e. The molecule has 7 heteroatoms. The fourth-order valence-electron chi connectivity index (χ4n) is 1.02. The van der Waals surface area contributed by atoms with Gasteiger partial charge in [-0.2, -0.15) is 0 Å². The number of nitrogens with two attached hydrogens (primary N) is 2. The van der Waals surface area contributed by atoms with Crippen LogP contribution in [-0.4, -0.2) is 21.2 Å². The van der Waals surface area contributed by atoms with Crippen molar-refractivity contribution >= 4 is 19.8 Å². The van der Waals surface area contributed by atoms with Crippen LogP contribution in [0.2, 0.25) is 0 Å². The number of guanidine groups is 1. The van der Waals surface area contributed by atoms with Crippen LogP contribution in [0.1, 0.15) is 11.1 Å². The van der Waals surface area contributed by atoms with Crippen LogP contribution in [-0.2, 0) is 0 Å². The first-order valence-electron chi connectivity index (χ1n) is 4.42. The molecule has 0 fully saturated rings. The molecule has 0 aromatic heterocycles. The monoisotopic (exact) mass is 240 g/mol. The fraction of sp³-hybridized carbons (Fsp3) is 0.111. The molecule has 0 aliphatic carbocycles. The van der Waals surface area contributed by atoms with E-state index in [9.17, 15) is 9.79 Å². The standard InChI is InChI=1S/C9H13N4O2P/c1-6-2-4-7(5-3-6)8(16(14)15)12-13-9(10)11/h2-5,14-15H,1H3,(H4,10,11,13)/b12-8-. The Labute approximate surface area is 94.2 Å². The van der Waals surface area contributed by atoms with Gasteiger partial charge in [-0.05, 0) is 6.92 Å². The van der Waals surface area contributed by atoms with Gasteiger partial charge in [0.25, 0.3) is 0 Å². The van der Waals surface area contributed by atoms with E-state index < -0.39 is 8.38 Å². The van der Waals surface area contributed by atoms with Crippen molar-refractivity contribution in [3.8, 4) is 0 Å². The van der Waals surface area contributed by atoms with E-state index in [2.05, 4.69) is 10.2 Å². The minimum absolute atomic E-state index is 0.0587. The summed E-state index contributed by atoms with van der Waals surface area (Å²) in [5.74, 6) is -0.235. The van der Waals surface area contributed by atoms with Crippen LogP contribution in [0.25, 0.3) is 0 Å². The van der Waals surface area contributed by atoms with E-state index in [0.29, 0.717) is 5.56 Å². The Hall–Kier alpha value is -1.49. The molecule has 6 N–H and O–H groups in total. The van der Waals surface area contributed by atoms with Crippen molar-refractivity contribution in [3.63, 3.8) is 0 Å². The van der Waals surface area contributed by atoms with Crippen molar-refractivity contribution in [3.05, 3.63) is 35.4 Å². The molecule has 1 aromatic carbocycles. The Kier molecular flexibility index (Phi) is 4.37. The lowest BCUT2D eigenvalue weighted by molar-refractivity contribution is 0.500. The molecule has 86 valence electrons. The Bertz CT molecular complexity index is 410. The Morgan fingerprint density at radius 1 is 1.12 bits per heavy atom. The van der Waals surface area contributed by atoms with Crippen molar-refractivity contribution in [2.24, 2.45) is 21.7 Å². The van der Waals surface area contributed by atoms with Crippen LogP contribution in [0, 0.1) is 6.92 Å². The molecule has 0 saturated carbocycles. The second-order valence-corrected chi connectivity index (χ2v) is 4.11. The first-order valence-corrected chi connectivity index (χ1v) is 5.67. The molecule has 0 bridgehead atoms. The number of benzene rings is 1. The van der Waals surface area contributed by atoms with Gasteiger partial charge in [0.15, 0.2) is 0 Å². The average molecular weight is 240 g/mol. The summed E-state index contributed by atoms with van der Waals surface area (Å²) in [6, 6.07) is 7.11. The van der Waals surface area contributed by atoms with Gasteiger partial charge in [-0.15, -0.1) is 10.2 Å². The zero-order valence-electron chi connectivity index (χ0n) is 8.70. The highest BCUT2D eigenvalue weighted by Crippen LogP contribution is 2.30. The minimum atomic E-state index is -2.35. The van der Waals surface area contributed by atoms with Gasteiger partial charge in [-0.3, -0.25) is 0 Å². The van der Waals surface area contributed by atoms with Gasteiger partial charge in [0, 0.05) is 5.56 Å². The maximum atomic E-state index is 9.19. The predicted octanol–water partition coefficient (Wildman–Crippen LogP) is 0.227. The van der Waals surface area contributed by atoms with Gasteiger partial charge in [0.1, 0.15) is 5.45 Å². The predicted molar refractivity (Wildman–Crippen MR) is 64.9 cm³/mol. The second-order valence-electron chi connectivity index (χ2n) is 3.10. The number of hydrogen-bond donors (Lipinski definition) is 4. The number of nitrogens with zero attached hydrogens (tertiary/aromatic N) is 2. The average Bonchev–Trinajstić information content (AvgIpc) is 2.20. The summed E-state index contributed by atoms with van der Waals surface area (Å²) in [6.45, 7) is 1.93. The van der Waals surface area contributed by atoms with E-state index in [1.807, 2.05) is 19.1 Å². The van der Waals surface area contributed by atoms with Crippen molar-refractivity contribution in [2.45, 2.75) is 6.92 Å². The van der Waals surface area contributed by atoms with E-state index in [1.165, 1.54) is 0 Å². The van der Waals surface area contributed by atoms with Crippen molar-refractivity contribution < 1.29 is 9.79 Å². The third-order valence-electron chi connectivity index (χ3n) is 1.76. The van der Waals surface area contributed by atoms with Crippen LogP contribution < -0.4 is 11.5 Å². The second kappa shape index (κ2) is 5.55. The van der Waals surface area contributed by atoms with Crippen LogP contribution in [0.4, 0.5) is 0 Å². The summed E-state index contributed by atoms with van der Waals surface area (Å²) in [5, 5.41) is 7.01. The molecule has 1 aromatic rings. The van der Waals surface area contributed by atoms with E-state index in [1.54, 1.807) is 12.1 Å². The lowest BCUT2D eigenvalue weighted by atomic mass is 10.2. The molecule has 0 aliphatic heterocycles. The van der Waals surface area contributed by atoms with E-state index in [-0.39, 0.29) is 11.4 Å². The number of rotatable bonds is 3. The molecule has 1 rings (SSSR count). The summed E-state index contributed by atoms with van der Waals surface area (Å²) >= 11 is 0. The normalized spacial score (nSPS) is 11.6. The third kappa shape index (κ3) is 3.58. The molecule has 0 unspecified atom stereocenters. The summed E-state index contributed by atoms with van der Waals surface area (Å²) in [7, 11) is -2.35. The summed E-state index contributed by atoms with van der Waals surface area (Å²) in [6.07, 6.45) is 0. The topological polar surface area (TPSA) is 117 Å². The molecule has 0 aliphatic rings. The SMILES string of the molecule is Cc1ccc(/C(=N/N=C(N)N)P(O)O)cc1. The molecule has 0 atom stereocenters. The summed E-state index contributed by atoms with van der Waals surface area (Å²) < 4.78 is 0. The first-order chi connectivity index (χ1) is 7.50. The van der Waals surface area contributed by atoms with Crippen LogP contribution in [0.3, 0.4) is 0 Å². The molecular formula is C9H13N4O2P. The minimum Gasteiger partial charge on any atom is -0.369 e. The van der Waals surface area contributed by atoms with E-state index >= 15 is 0 Å². The molecule has 0 amide bonds. The van der Waals surface area contributed by atoms with Gasteiger partial charge >= 0.3 is 0 Å². The lowest BCUT2D eigenvalue weighted by Crippen LogP contribution is -2.22. The maximum absolute atomic E-state index is 9.19. The van der Waals surface area contributed by atoms with Gasteiger partial charge < -0.3 is 21.3 Å². The molecule has 0 heterocycles. The van der Waals surface area contributed by atoms with Crippen molar-refractivity contribution in [1.82, 2.24) is 0 Å². The third-order valence-corrected chi connectivity index (χ3v) is 2.49. The highest BCUT2D eigenvalue weighted by molar-refractivity contribution is 7.65. The summed E-state index contributed by atoms with van der Waals surface area (Å²) in [5.41, 5.74) is 11.9. The highest BCUT2D eigenvalue weighted by Gasteiger charge is 2.13. The van der Waals surface area contributed by atoms with Crippen LogP contribution in [0.15, 0.2) is 34.5 Å². The van der Waals surface area contributed by atoms with Gasteiger partial charge in [-0.1, -0.05) is 29.8 Å². The fourth-order valence-corrected chi connectivity index (χ4v) is 1.53. The van der Waals surface area contributed by atoms with Crippen molar-refractivity contribution in [1.29, 1.82) is 0 Å². The molecule has 6 nitrogen and oxygen atoms in total. The molecule has 0 saturated heterocycles. The maximum Gasteiger partial charge on any atom is 0.222 e. The zero-order valence-corrected chi connectivity index (χ0v) is 9.59. The number of hydrogen-bond acceptors (Lipinski definition) is 4. The molecular weight excluding hydrogens is 227 g/mol. The number of aryl methyl sites for hydroxylation is 1. The van der Waals surface area contributed by atoms with Crippen LogP contribution in [0.5, 0.6) is 0 Å². The van der Waals surface area contributed by atoms with Crippen molar-refractivity contribution in [2.75, 3.05) is 0 Å². The Balaban J connectivity index is 3.08. The lowest BCUT2D eigenvalue weighted by Gasteiger charge is -2.05. The highest BCUT2D eigenvalue weighted by atomic mass is 31.2. The van der Waals surface area contributed by atoms with Gasteiger partial charge in [0.05, 0.1) is 0 Å². The van der Waals surface area contributed by atoms with Crippen LogP contribution >= 0.6 is 8.38 Å². The summed E-state index contributed by atoms with van der Waals surface area (Å²) in [4.78, 5) is 18.4. The Morgan fingerprint density at radius 2 is 1.69 bits per heavy atom. The van der Waals surface area contributed by atoms with E-state index in [0.717, 1.165) is 5.56 Å². The molecule has 0 radical (unpaired) electrons. The molecule has 0 spiro atoms. The zero-order chi connectivity index (χ0) is 12.1. The molecule has 16 heavy (non-hydrogen) atoms. The van der Waals surface area contributed by atoms with Gasteiger partial charge in [-0.25, -0.2) is 0 Å². The van der Waals surface area contributed by atoms with E-state index in [4.69, 9.17) is 11.5 Å². The Morgan fingerprint density at radius 3 is 2.12 bits per heavy atom. The van der Waals surface area contributed by atoms with Gasteiger partial charge in [0.2, 0.25) is 14.3 Å². The first kappa shape index (κ1) is 12.6. The largest absolute Gasteiger partial charge is 0.369 e.